The van der Waals surface area contributed by atoms with Gasteiger partial charge in [-0.05, 0) is 62.4 Å². The van der Waals surface area contributed by atoms with Crippen molar-refractivity contribution in [1.29, 1.82) is 5.26 Å². The van der Waals surface area contributed by atoms with E-state index in [0.29, 0.717) is 47.9 Å². The van der Waals surface area contributed by atoms with Crippen molar-refractivity contribution in [3.05, 3.63) is 74.5 Å². The highest BCUT2D eigenvalue weighted by Gasteiger charge is 2.59. The summed E-state index contributed by atoms with van der Waals surface area (Å²) in [4.78, 5) is 33.6. The van der Waals surface area contributed by atoms with Crippen molar-refractivity contribution in [3.63, 3.8) is 0 Å². The minimum atomic E-state index is -1.25. The van der Waals surface area contributed by atoms with Crippen LogP contribution in [0.3, 0.4) is 0 Å². The van der Waals surface area contributed by atoms with Crippen LogP contribution in [0.2, 0.25) is 0 Å². The maximum atomic E-state index is 14.8. The normalized spacial score (nSPS) is 28.7. The number of hydrogen-bond acceptors (Lipinski definition) is 13. The van der Waals surface area contributed by atoms with E-state index in [0.717, 1.165) is 62.0 Å². The Morgan fingerprint density at radius 1 is 1.11 bits per heavy atom. The van der Waals surface area contributed by atoms with Crippen LogP contribution in [-0.2, 0) is 32.7 Å². The lowest BCUT2D eigenvalue weighted by molar-refractivity contribution is -0.152. The van der Waals surface area contributed by atoms with Crippen LogP contribution in [0.15, 0.2) is 24.3 Å². The predicted molar refractivity (Wildman–Crippen MR) is 206 cm³/mol. The molecule has 7 atom stereocenters. The third kappa shape index (κ3) is 4.84. The maximum absolute atomic E-state index is 14.8. The number of methoxy groups -OCH3 is 1. The van der Waals surface area contributed by atoms with Gasteiger partial charge in [-0.1, -0.05) is 17.7 Å². The van der Waals surface area contributed by atoms with Gasteiger partial charge in [0.1, 0.15) is 11.8 Å². The standard InChI is InChI=1S/C42H43N5O8S/c1-18-6-7-25-24(12-18)23-8-10-44-42(40(23)46-25)16-56-39-31-30(38-37(53-17-54-38)20(3)36(31)55-21(4)48)27(9-11-52-41(42)50)47-28(15-43)26-14-22-13-19(2)35(51-5)34(49)29(22)32(45-26)33(39)47/h6-7,12-13,26-28,32-33,39,44-46,49H,8-11,14,16-17H2,1-5H3/t26-,27+,28+,32-,33-,39-,42-/m1/s1. The van der Waals surface area contributed by atoms with Crippen LogP contribution in [0.25, 0.3) is 10.9 Å². The first kappa shape index (κ1) is 35.5. The van der Waals surface area contributed by atoms with E-state index < -0.39 is 40.9 Å². The van der Waals surface area contributed by atoms with E-state index in [4.69, 9.17) is 23.7 Å². The Hall–Kier alpha value is -4.94. The number of nitrogens with zero attached hydrogens (tertiary/aromatic N) is 2. The number of carbonyl (C=O) groups is 2. The van der Waals surface area contributed by atoms with E-state index in [9.17, 15) is 20.0 Å². The number of aromatic nitrogens is 1. The van der Waals surface area contributed by atoms with E-state index in [2.05, 4.69) is 57.8 Å². The van der Waals surface area contributed by atoms with Crippen molar-refractivity contribution in [3.8, 4) is 34.8 Å². The van der Waals surface area contributed by atoms with Gasteiger partial charge in [0.2, 0.25) is 6.79 Å². The molecule has 3 aromatic carbocycles. The summed E-state index contributed by atoms with van der Waals surface area (Å²) in [5, 5.41) is 31.1. The summed E-state index contributed by atoms with van der Waals surface area (Å²) < 4.78 is 30.6. The maximum Gasteiger partial charge on any atom is 0.333 e. The van der Waals surface area contributed by atoms with Crippen LogP contribution in [0.4, 0.5) is 0 Å². The predicted octanol–water partition coefficient (Wildman–Crippen LogP) is 5.11. The zero-order valence-electron chi connectivity index (χ0n) is 31.8. The molecule has 1 aromatic heterocycles. The highest BCUT2D eigenvalue weighted by molar-refractivity contribution is 7.99. The van der Waals surface area contributed by atoms with E-state index in [-0.39, 0.29) is 36.9 Å². The topological polar surface area (TPSA) is 167 Å². The zero-order valence-corrected chi connectivity index (χ0v) is 32.6. The Labute approximate surface area is 327 Å². The summed E-state index contributed by atoms with van der Waals surface area (Å²) >= 11 is 1.55. The number of aromatic amines is 1. The number of thioether (sulfide) groups is 1. The fourth-order valence-corrected chi connectivity index (χ4v) is 12.3. The van der Waals surface area contributed by atoms with E-state index in [1.54, 1.807) is 18.9 Å². The largest absolute Gasteiger partial charge is 0.504 e. The Morgan fingerprint density at radius 3 is 2.71 bits per heavy atom. The van der Waals surface area contributed by atoms with Crippen molar-refractivity contribution in [2.45, 2.75) is 88.0 Å². The van der Waals surface area contributed by atoms with Gasteiger partial charge >= 0.3 is 11.9 Å². The molecule has 4 bridgehead atoms. The number of hydrogen-bond donors (Lipinski definition) is 4. The molecule has 56 heavy (non-hydrogen) atoms. The molecular weight excluding hydrogens is 735 g/mol. The molecule has 0 saturated carbocycles. The molecule has 0 aliphatic carbocycles. The SMILES string of the molecule is COc1c(C)cc2c(c1O)[C@H]1N[C@H](C2)[C@H](C#N)N2[C@H]1[C@@H]1SC[C@]3(NCCc4c3[nH]c3ccc(C)cc43)C(=O)OCC[C@H]2c2c3c(c(C)c(OC(C)=O)c21)OCO3. The molecule has 11 rings (SSSR count). The van der Waals surface area contributed by atoms with Gasteiger partial charge in [0.05, 0.1) is 36.8 Å². The molecule has 0 amide bonds. The van der Waals surface area contributed by atoms with Gasteiger partial charge in [-0.3, -0.25) is 15.0 Å². The molecule has 2 fully saturated rings. The monoisotopic (exact) mass is 777 g/mol. The number of phenolic OH excluding ortho intramolecular Hbond substituents is 1. The molecule has 14 heteroatoms. The van der Waals surface area contributed by atoms with Crippen molar-refractivity contribution >= 4 is 34.6 Å². The molecule has 2 saturated heterocycles. The van der Waals surface area contributed by atoms with Gasteiger partial charge in [-0.15, -0.1) is 11.8 Å². The highest BCUT2D eigenvalue weighted by Crippen LogP contribution is 2.63. The first-order valence-electron chi connectivity index (χ1n) is 19.2. The lowest BCUT2D eigenvalue weighted by atomic mass is 9.72. The van der Waals surface area contributed by atoms with Gasteiger partial charge in [-0.2, -0.15) is 5.26 Å². The van der Waals surface area contributed by atoms with Crippen LogP contribution in [-0.4, -0.2) is 77.9 Å². The summed E-state index contributed by atoms with van der Waals surface area (Å²) in [6.07, 6.45) is 1.56. The molecule has 0 radical (unpaired) electrons. The van der Waals surface area contributed by atoms with E-state index in [1.807, 2.05) is 13.8 Å². The Balaban J connectivity index is 1.24. The fraction of sp³-hybridized carbons (Fsp3) is 0.452. The van der Waals surface area contributed by atoms with E-state index in [1.165, 1.54) is 6.92 Å². The van der Waals surface area contributed by atoms with Gasteiger partial charge in [0, 0.05) is 76.9 Å². The number of nitriles is 1. The minimum absolute atomic E-state index is 0.0143. The second-order valence-electron chi connectivity index (χ2n) is 15.8. The van der Waals surface area contributed by atoms with Crippen LogP contribution in [0.5, 0.6) is 28.7 Å². The van der Waals surface area contributed by atoms with Gasteiger partial charge in [0.25, 0.3) is 0 Å². The van der Waals surface area contributed by atoms with Gasteiger partial charge in [0.15, 0.2) is 28.5 Å². The number of H-pyrrole nitrogens is 1. The molecule has 1 spiro atoms. The molecule has 290 valence electrons. The third-order valence-electron chi connectivity index (χ3n) is 12.8. The van der Waals surface area contributed by atoms with Crippen molar-refractivity contribution in [2.75, 3.05) is 32.8 Å². The summed E-state index contributed by atoms with van der Waals surface area (Å²) in [7, 11) is 1.55. The number of aryl methyl sites for hydroxylation is 2. The van der Waals surface area contributed by atoms with Crippen molar-refractivity contribution in [1.82, 2.24) is 20.5 Å². The number of fused-ring (bicyclic) bond motifs is 12. The lowest BCUT2D eigenvalue weighted by Crippen LogP contribution is -2.68. The summed E-state index contributed by atoms with van der Waals surface area (Å²) in [6.45, 7) is 7.81. The Morgan fingerprint density at radius 2 is 1.93 bits per heavy atom. The summed E-state index contributed by atoms with van der Waals surface area (Å²) in [5.41, 5.74) is 7.34. The first-order valence-corrected chi connectivity index (χ1v) is 20.2. The second-order valence-corrected chi connectivity index (χ2v) is 17.0. The number of aromatic hydroxyl groups is 1. The first-order chi connectivity index (χ1) is 27.1. The minimum Gasteiger partial charge on any atom is -0.504 e. The number of esters is 2. The molecule has 7 aliphatic heterocycles. The molecule has 8 heterocycles. The smallest absolute Gasteiger partial charge is 0.333 e. The average molecular weight is 778 g/mol. The third-order valence-corrected chi connectivity index (χ3v) is 14.3. The van der Waals surface area contributed by atoms with Crippen LogP contribution < -0.4 is 29.6 Å². The number of nitrogens with one attached hydrogen (secondary N) is 3. The number of piperazine rings is 1. The lowest BCUT2D eigenvalue weighted by Gasteiger charge is -2.59. The average Bonchev–Trinajstić information content (AvgIpc) is 3.81. The van der Waals surface area contributed by atoms with Gasteiger partial charge in [-0.25, -0.2) is 4.79 Å². The molecule has 4 aromatic rings. The summed E-state index contributed by atoms with van der Waals surface area (Å²) in [5.74, 6) is 1.26. The summed E-state index contributed by atoms with van der Waals surface area (Å²) in [6, 6.07) is 8.62. The Bertz CT molecular complexity index is 2420. The van der Waals surface area contributed by atoms with E-state index >= 15 is 0 Å². The van der Waals surface area contributed by atoms with Crippen molar-refractivity contribution < 1.29 is 38.4 Å². The van der Waals surface area contributed by atoms with Crippen LogP contribution in [0, 0.1) is 32.1 Å². The van der Waals surface area contributed by atoms with Crippen LogP contribution >= 0.6 is 11.8 Å². The second kappa shape index (κ2) is 12.8. The van der Waals surface area contributed by atoms with Crippen LogP contribution in [0.1, 0.15) is 80.9 Å². The Kier molecular flexibility index (Phi) is 8.10. The number of rotatable bonds is 2. The molecular formula is C42H43N5O8S. The fourth-order valence-electron chi connectivity index (χ4n) is 10.6. The number of benzene rings is 3. The quantitative estimate of drug-likeness (QED) is 0.157. The van der Waals surface area contributed by atoms with Crippen molar-refractivity contribution in [2.24, 2.45) is 0 Å². The number of phenols is 1. The molecule has 13 nitrogen and oxygen atoms in total. The molecule has 0 unspecified atom stereocenters. The number of carbonyl (C=O) groups excluding carboxylic acids is 2. The van der Waals surface area contributed by atoms with Gasteiger partial charge < -0.3 is 39.1 Å². The number of ether oxygens (including phenoxy) is 5. The zero-order chi connectivity index (χ0) is 38.8. The highest BCUT2D eigenvalue weighted by atomic mass is 32.2. The molecule has 4 N–H and O–H groups in total. The molecule has 7 aliphatic rings.